The highest BCUT2D eigenvalue weighted by Crippen LogP contribution is 2.21. The second kappa shape index (κ2) is 5.57. The molecule has 100 valence electrons. The summed E-state index contributed by atoms with van der Waals surface area (Å²) in [6, 6.07) is 3.91. The lowest BCUT2D eigenvalue weighted by atomic mass is 10.2. The zero-order valence-electron chi connectivity index (χ0n) is 11.1. The minimum absolute atomic E-state index is 0.129. The molecule has 0 atom stereocenters. The van der Waals surface area contributed by atoms with Gasteiger partial charge in [-0.3, -0.25) is 9.78 Å². The highest BCUT2D eigenvalue weighted by Gasteiger charge is 2.15. The Labute approximate surface area is 121 Å². The van der Waals surface area contributed by atoms with Crippen molar-refractivity contribution in [1.29, 1.82) is 0 Å². The van der Waals surface area contributed by atoms with Gasteiger partial charge in [0.15, 0.2) is 0 Å². The topological polar surface area (TPSA) is 46.9 Å². The molecule has 2 heterocycles. The predicted molar refractivity (Wildman–Crippen MR) is 79.4 cm³/mol. The lowest BCUT2D eigenvalue weighted by Gasteiger charge is -2.13. The zero-order chi connectivity index (χ0) is 14.0. The zero-order valence-corrected chi connectivity index (χ0v) is 12.7. The molecule has 0 fully saturated rings. The van der Waals surface area contributed by atoms with Crippen LogP contribution in [0.25, 0.3) is 0 Å². The van der Waals surface area contributed by atoms with Gasteiger partial charge in [-0.15, -0.1) is 0 Å². The third-order valence-electron chi connectivity index (χ3n) is 2.89. The van der Waals surface area contributed by atoms with Crippen molar-refractivity contribution >= 4 is 27.5 Å². The summed E-state index contributed by atoms with van der Waals surface area (Å²) in [5.41, 5.74) is 2.36. The molecule has 1 N–H and O–H groups in total. The molecule has 0 aliphatic heterocycles. The number of anilines is 1. The minimum Gasteiger partial charge on any atom is -0.340 e. The Morgan fingerprint density at radius 3 is 2.84 bits per heavy atom. The van der Waals surface area contributed by atoms with Crippen molar-refractivity contribution in [3.8, 4) is 0 Å². The third-order valence-corrected chi connectivity index (χ3v) is 3.33. The van der Waals surface area contributed by atoms with Crippen LogP contribution in [0.15, 0.2) is 35.2 Å². The summed E-state index contributed by atoms with van der Waals surface area (Å²) < 4.78 is 2.83. The second-order valence-electron chi connectivity index (χ2n) is 4.69. The first-order valence-electron chi connectivity index (χ1n) is 6.08. The number of aromatic nitrogens is 2. The van der Waals surface area contributed by atoms with Crippen molar-refractivity contribution in [2.45, 2.75) is 26.8 Å². The van der Waals surface area contributed by atoms with E-state index in [9.17, 15) is 4.79 Å². The first kappa shape index (κ1) is 13.8. The average molecular weight is 322 g/mol. The molecule has 0 saturated carbocycles. The standard InChI is InChI=1S/C14H16BrN3O/c1-9(2)18-8-11(15)6-13(18)14(19)17-12-7-16-5-4-10(12)3/h4-9H,1-3H3,(H,17,19). The molecule has 2 aromatic rings. The third kappa shape index (κ3) is 3.04. The molecule has 0 radical (unpaired) electrons. The summed E-state index contributed by atoms with van der Waals surface area (Å²) in [4.78, 5) is 16.3. The highest BCUT2D eigenvalue weighted by atomic mass is 79.9. The summed E-state index contributed by atoms with van der Waals surface area (Å²) in [6.45, 7) is 6.02. The van der Waals surface area contributed by atoms with Gasteiger partial charge in [0.1, 0.15) is 5.69 Å². The Balaban J connectivity index is 2.28. The lowest BCUT2D eigenvalue weighted by molar-refractivity contribution is 0.101. The molecule has 4 nitrogen and oxygen atoms in total. The van der Waals surface area contributed by atoms with E-state index in [0.717, 1.165) is 15.7 Å². The van der Waals surface area contributed by atoms with Gasteiger partial charge in [-0.25, -0.2) is 0 Å². The maximum Gasteiger partial charge on any atom is 0.272 e. The number of aryl methyl sites for hydroxylation is 1. The van der Waals surface area contributed by atoms with Crippen molar-refractivity contribution in [3.05, 3.63) is 46.5 Å². The number of carbonyl (C=O) groups is 1. The SMILES string of the molecule is Cc1ccncc1NC(=O)c1cc(Br)cn1C(C)C. The van der Waals surface area contributed by atoms with Crippen molar-refractivity contribution in [1.82, 2.24) is 9.55 Å². The van der Waals surface area contributed by atoms with Gasteiger partial charge in [-0.05, 0) is 54.4 Å². The molecule has 0 saturated heterocycles. The fourth-order valence-corrected chi connectivity index (χ4v) is 2.27. The summed E-state index contributed by atoms with van der Waals surface area (Å²) >= 11 is 3.41. The van der Waals surface area contributed by atoms with E-state index in [4.69, 9.17) is 0 Å². The summed E-state index contributed by atoms with van der Waals surface area (Å²) in [7, 11) is 0. The fourth-order valence-electron chi connectivity index (χ4n) is 1.84. The van der Waals surface area contributed by atoms with Gasteiger partial charge < -0.3 is 9.88 Å². The van der Waals surface area contributed by atoms with E-state index in [1.807, 2.05) is 43.7 Å². The number of hydrogen-bond acceptors (Lipinski definition) is 2. The number of nitrogens with one attached hydrogen (secondary N) is 1. The number of rotatable bonds is 3. The normalized spacial score (nSPS) is 10.8. The smallest absolute Gasteiger partial charge is 0.272 e. The molecule has 0 bridgehead atoms. The largest absolute Gasteiger partial charge is 0.340 e. The molecular formula is C14H16BrN3O. The van der Waals surface area contributed by atoms with Crippen LogP contribution in [-0.2, 0) is 0 Å². The molecule has 5 heteroatoms. The first-order valence-corrected chi connectivity index (χ1v) is 6.87. The van der Waals surface area contributed by atoms with E-state index in [1.54, 1.807) is 12.4 Å². The quantitative estimate of drug-likeness (QED) is 0.934. The van der Waals surface area contributed by atoms with E-state index in [1.165, 1.54) is 0 Å². The van der Waals surface area contributed by atoms with Crippen LogP contribution in [0.5, 0.6) is 0 Å². The maximum atomic E-state index is 12.3. The molecule has 2 aromatic heterocycles. The van der Waals surface area contributed by atoms with Crippen LogP contribution in [0, 0.1) is 6.92 Å². The minimum atomic E-state index is -0.129. The van der Waals surface area contributed by atoms with Gasteiger partial charge >= 0.3 is 0 Å². The molecular weight excluding hydrogens is 306 g/mol. The van der Waals surface area contributed by atoms with Gasteiger partial charge in [-0.1, -0.05) is 0 Å². The van der Waals surface area contributed by atoms with Gasteiger partial charge in [0.25, 0.3) is 5.91 Å². The van der Waals surface area contributed by atoms with E-state index < -0.39 is 0 Å². The Morgan fingerprint density at radius 1 is 1.47 bits per heavy atom. The molecule has 0 aromatic carbocycles. The molecule has 0 spiro atoms. The van der Waals surface area contributed by atoms with Crippen molar-refractivity contribution in [2.24, 2.45) is 0 Å². The van der Waals surface area contributed by atoms with Crippen LogP contribution in [0.4, 0.5) is 5.69 Å². The Hall–Kier alpha value is -1.62. The van der Waals surface area contributed by atoms with Crippen molar-refractivity contribution in [2.75, 3.05) is 5.32 Å². The number of hydrogen-bond donors (Lipinski definition) is 1. The van der Waals surface area contributed by atoms with Crippen LogP contribution in [0.2, 0.25) is 0 Å². The Kier molecular flexibility index (Phi) is 4.04. The van der Waals surface area contributed by atoms with Gasteiger partial charge in [0, 0.05) is 22.9 Å². The van der Waals surface area contributed by atoms with E-state index in [0.29, 0.717) is 5.69 Å². The van der Waals surface area contributed by atoms with Crippen LogP contribution >= 0.6 is 15.9 Å². The predicted octanol–water partition coefficient (Wildman–Crippen LogP) is 3.79. The fraction of sp³-hybridized carbons (Fsp3) is 0.286. The Bertz CT molecular complexity index is 604. The van der Waals surface area contributed by atoms with Crippen LogP contribution < -0.4 is 5.32 Å². The van der Waals surface area contributed by atoms with Crippen LogP contribution in [0.3, 0.4) is 0 Å². The van der Waals surface area contributed by atoms with Gasteiger partial charge in [-0.2, -0.15) is 0 Å². The molecule has 19 heavy (non-hydrogen) atoms. The second-order valence-corrected chi connectivity index (χ2v) is 5.60. The van der Waals surface area contributed by atoms with Crippen LogP contribution in [0.1, 0.15) is 35.9 Å². The van der Waals surface area contributed by atoms with Gasteiger partial charge in [0.2, 0.25) is 0 Å². The number of carbonyl (C=O) groups excluding carboxylic acids is 1. The summed E-state index contributed by atoms with van der Waals surface area (Å²) in [6.07, 6.45) is 5.28. The number of pyridine rings is 1. The van der Waals surface area contributed by atoms with E-state index in [-0.39, 0.29) is 11.9 Å². The monoisotopic (exact) mass is 321 g/mol. The van der Waals surface area contributed by atoms with Crippen molar-refractivity contribution in [3.63, 3.8) is 0 Å². The first-order chi connectivity index (χ1) is 8.99. The summed E-state index contributed by atoms with van der Waals surface area (Å²) in [5.74, 6) is -0.129. The van der Waals surface area contributed by atoms with E-state index >= 15 is 0 Å². The number of nitrogens with zero attached hydrogens (tertiary/aromatic N) is 2. The van der Waals surface area contributed by atoms with Crippen molar-refractivity contribution < 1.29 is 4.79 Å². The average Bonchev–Trinajstić information content (AvgIpc) is 2.74. The Morgan fingerprint density at radius 2 is 2.21 bits per heavy atom. The maximum absolute atomic E-state index is 12.3. The molecule has 0 aliphatic rings. The van der Waals surface area contributed by atoms with Crippen LogP contribution in [-0.4, -0.2) is 15.5 Å². The van der Waals surface area contributed by atoms with Gasteiger partial charge in [0.05, 0.1) is 11.9 Å². The summed E-state index contributed by atoms with van der Waals surface area (Å²) in [5, 5.41) is 2.89. The lowest BCUT2D eigenvalue weighted by Crippen LogP contribution is -2.18. The molecule has 0 aliphatic carbocycles. The number of amides is 1. The molecule has 0 unspecified atom stereocenters. The highest BCUT2D eigenvalue weighted by molar-refractivity contribution is 9.10. The number of halogens is 1. The molecule has 1 amide bonds. The van der Waals surface area contributed by atoms with E-state index in [2.05, 4.69) is 26.2 Å². The molecule has 2 rings (SSSR count).